The molecule has 6 aromatic carbocycles. The molecule has 0 radical (unpaired) electrons. The molecule has 0 spiro atoms. The van der Waals surface area contributed by atoms with Gasteiger partial charge >= 0.3 is 98.7 Å². The zero-order chi connectivity index (χ0) is 74.5. The molecule has 34 heteroatoms. The van der Waals surface area contributed by atoms with E-state index in [0.717, 1.165) is 61.2 Å². The largest absolute Gasteiger partial charge is 1.00 e. The molecular formula is C66H72CsF6N3O24. The number of esters is 4. The van der Waals surface area contributed by atoms with Crippen LogP contribution in [0.25, 0.3) is 0 Å². The Balaban J connectivity index is 0.000000631. The van der Waals surface area contributed by atoms with Crippen molar-refractivity contribution in [1.82, 2.24) is 0 Å². The van der Waals surface area contributed by atoms with Gasteiger partial charge in [-0.3, -0.25) is 24.0 Å². The van der Waals surface area contributed by atoms with Crippen molar-refractivity contribution in [3.05, 3.63) is 196 Å². The summed E-state index contributed by atoms with van der Waals surface area (Å²) in [6, 6.07) is 32.9. The first kappa shape index (κ1) is 89.4. The maximum atomic E-state index is 14.2. The minimum atomic E-state index is -1.84. The number of nitrogens with two attached hydrogens (primary N) is 3. The van der Waals surface area contributed by atoms with Crippen LogP contribution in [0.5, 0.6) is 17.2 Å². The summed E-state index contributed by atoms with van der Waals surface area (Å²) >= 11 is 0. The van der Waals surface area contributed by atoms with E-state index in [4.69, 9.17) is 60.9 Å². The van der Waals surface area contributed by atoms with E-state index in [1.165, 1.54) is 7.11 Å². The molecule has 10 N–H and O–H groups in total. The first-order valence-electron chi connectivity index (χ1n) is 28.7. The predicted octanol–water partition coefficient (Wildman–Crippen LogP) is 1.11. The maximum absolute atomic E-state index is 14.2. The average molecular weight is 1540 g/mol. The van der Waals surface area contributed by atoms with Gasteiger partial charge < -0.3 is 94.9 Å². The minimum Gasteiger partial charge on any atom is -0.546 e. The van der Waals surface area contributed by atoms with Gasteiger partial charge in [0, 0.05) is 0 Å². The fourth-order valence-corrected chi connectivity index (χ4v) is 7.36. The molecule has 0 saturated carbocycles. The third-order valence-corrected chi connectivity index (χ3v) is 12.1. The Labute approximate surface area is 627 Å². The van der Waals surface area contributed by atoms with Crippen LogP contribution in [0.15, 0.2) is 127 Å². The Hall–Kier alpha value is -8.66. The molecule has 0 unspecified atom stereocenters. The van der Waals surface area contributed by atoms with Crippen molar-refractivity contribution in [2.75, 3.05) is 54.4 Å². The number of hydrogen-bond acceptors (Lipinski definition) is 23. The van der Waals surface area contributed by atoms with Gasteiger partial charge in [0.25, 0.3) is 17.7 Å². The van der Waals surface area contributed by atoms with Crippen molar-refractivity contribution in [3.8, 4) is 17.2 Å². The SMILES string of the molecule is CC(C)(C)OC(=O)C[C@@H](COCc1ccccc1)C(=O)O.COC(=O)[C@@H](CO)Oc1ccc(F)c(C(N)=O)c1F.COC(=O)[C@@H](COCc1ccccc1)Oc1ccc(F)c(C(N)=O)c1F.COC(=O)[C@@H](O)COCc1ccccc1.NC(=O)c1c(F)ccc(O[C@H](CO)C(=O)[O-])c1F.[Cs+]. The first-order chi connectivity index (χ1) is 46.7. The summed E-state index contributed by atoms with van der Waals surface area (Å²) in [5.74, 6) is -20.1. The van der Waals surface area contributed by atoms with Gasteiger partial charge in [0.1, 0.15) is 39.7 Å². The molecule has 0 heterocycles. The third kappa shape index (κ3) is 32.1. The van der Waals surface area contributed by atoms with E-state index in [-0.39, 0.29) is 102 Å². The molecule has 6 aromatic rings. The van der Waals surface area contributed by atoms with Crippen LogP contribution in [0, 0.1) is 40.8 Å². The number of carboxylic acid groups (broad SMARTS) is 2. The van der Waals surface area contributed by atoms with E-state index in [1.54, 1.807) is 20.8 Å². The Morgan fingerprint density at radius 3 is 1.10 bits per heavy atom. The molecule has 0 aromatic heterocycles. The average Bonchev–Trinajstić information content (AvgIpc) is 0.831. The zero-order valence-corrected chi connectivity index (χ0v) is 61.1. The van der Waals surface area contributed by atoms with Crippen LogP contribution in [0.1, 0.15) is 75.0 Å². The molecule has 0 bridgehead atoms. The topological polar surface area (TPSA) is 428 Å². The van der Waals surface area contributed by atoms with Gasteiger partial charge in [0.2, 0.25) is 12.2 Å². The van der Waals surface area contributed by atoms with Crippen molar-refractivity contribution >= 4 is 53.5 Å². The summed E-state index contributed by atoms with van der Waals surface area (Å²) in [6.07, 6.45) is -6.05. The summed E-state index contributed by atoms with van der Waals surface area (Å²) in [6.45, 7) is 4.02. The normalized spacial score (nSPS) is 11.9. The van der Waals surface area contributed by atoms with E-state index < -0.39 is 172 Å². The van der Waals surface area contributed by atoms with Crippen LogP contribution in [0.2, 0.25) is 0 Å². The molecule has 6 rings (SSSR count). The summed E-state index contributed by atoms with van der Waals surface area (Å²) in [7, 11) is 3.40. The van der Waals surface area contributed by atoms with Gasteiger partial charge in [-0.05, 0) is 73.9 Å². The number of carbonyl (C=O) groups excluding carboxylic acids is 8. The molecule has 0 fully saturated rings. The number of carbonyl (C=O) groups is 9. The Morgan fingerprint density at radius 1 is 0.470 bits per heavy atom. The Morgan fingerprint density at radius 2 is 0.790 bits per heavy atom. The number of aliphatic carboxylic acids is 2. The number of hydrogen-bond donors (Lipinski definition) is 7. The number of rotatable bonds is 30. The first-order valence-corrected chi connectivity index (χ1v) is 28.7. The maximum Gasteiger partial charge on any atom is 1.00 e. The van der Waals surface area contributed by atoms with Crippen molar-refractivity contribution < 1.29 is 211 Å². The number of aliphatic hydroxyl groups excluding tert-OH is 3. The molecule has 0 aliphatic rings. The van der Waals surface area contributed by atoms with Gasteiger partial charge in [-0.25, -0.2) is 40.7 Å². The van der Waals surface area contributed by atoms with E-state index in [1.807, 2.05) is 91.0 Å². The molecule has 0 saturated heterocycles. The molecule has 0 aliphatic heterocycles. The summed E-state index contributed by atoms with van der Waals surface area (Å²) < 4.78 is 130. The molecule has 5 atom stereocenters. The molecule has 27 nitrogen and oxygen atoms in total. The Bertz CT molecular complexity index is 3620. The van der Waals surface area contributed by atoms with Crippen LogP contribution < -0.4 is 105 Å². The fourth-order valence-electron chi connectivity index (χ4n) is 7.36. The quantitative estimate of drug-likeness (QED) is 0.0189. The number of methoxy groups -OCH3 is 3. The molecule has 538 valence electrons. The van der Waals surface area contributed by atoms with Crippen molar-refractivity contribution in [2.45, 2.75) is 77.0 Å². The second-order valence-electron chi connectivity index (χ2n) is 20.7. The van der Waals surface area contributed by atoms with E-state index in [2.05, 4.69) is 18.9 Å². The Kier molecular flexibility index (Phi) is 41.7. The van der Waals surface area contributed by atoms with Gasteiger partial charge in [-0.15, -0.1) is 0 Å². The van der Waals surface area contributed by atoms with Gasteiger partial charge in [-0.1, -0.05) is 91.0 Å². The van der Waals surface area contributed by atoms with Crippen molar-refractivity contribution in [3.63, 3.8) is 0 Å². The number of primary amides is 3. The predicted molar refractivity (Wildman–Crippen MR) is 329 cm³/mol. The van der Waals surface area contributed by atoms with Crippen LogP contribution in [-0.4, -0.2) is 158 Å². The summed E-state index contributed by atoms with van der Waals surface area (Å²) in [5, 5.41) is 46.3. The van der Waals surface area contributed by atoms with Gasteiger partial charge in [0.05, 0.1) is 92.5 Å². The second kappa shape index (κ2) is 46.6. The second-order valence-corrected chi connectivity index (χ2v) is 20.7. The summed E-state index contributed by atoms with van der Waals surface area (Å²) in [4.78, 5) is 99.9. The standard InChI is InChI=1S/C18H17F2NO5.C16H22O5.C11H11F2NO5.C11H14O4.C10H9F2NO5.Cs/c1-24-18(23)14(10-25-9-11-5-3-2-4-6-11)26-13-8-7-12(19)15(16(13)20)17(21)22;1-16(2,3)21-14(17)9-13(15(18)19)11-20-10-12-7-5-4-6-8-12;1-18-11(17)7(4-15)19-6-3-2-5(12)8(9(6)13)10(14)16;1-14-11(13)10(12)8-15-7-9-5-3-2-4-6-9;11-4-1-2-5(8(12)7(4)9(13)15)18-6(3-14)10(16)17;/h2-8,14H,9-10H2,1H3,(H2,21,22);4-8,13H,9-11H2,1-3H3,(H,18,19);2-3,7,15H,4H2,1H3,(H2,14,16);2-6,10,12H,7-8H2,1H3;1-2,6,14H,3H2,(H2,13,15)(H,16,17);/q;;;;;+1/p-1/t14-;13-;7-;10-;6-;/m10101./s1. The fraction of sp³-hybridized carbons (Fsp3) is 0.318. The van der Waals surface area contributed by atoms with Crippen LogP contribution in [-0.2, 0) is 81.7 Å². The summed E-state index contributed by atoms with van der Waals surface area (Å²) in [5.41, 5.74) is 13.7. The molecule has 3 amide bonds. The molecular weight excluding hydrogens is 1470 g/mol. The zero-order valence-electron chi connectivity index (χ0n) is 54.8. The third-order valence-electron chi connectivity index (χ3n) is 12.1. The van der Waals surface area contributed by atoms with E-state index in [9.17, 15) is 79.7 Å². The van der Waals surface area contributed by atoms with Crippen LogP contribution in [0.3, 0.4) is 0 Å². The number of amides is 3. The van der Waals surface area contributed by atoms with Crippen molar-refractivity contribution in [1.29, 1.82) is 0 Å². The molecule has 0 aliphatic carbocycles. The smallest absolute Gasteiger partial charge is 0.546 e. The van der Waals surface area contributed by atoms with E-state index >= 15 is 0 Å². The number of aliphatic hydroxyl groups is 3. The van der Waals surface area contributed by atoms with Crippen molar-refractivity contribution in [2.24, 2.45) is 23.1 Å². The number of benzene rings is 6. The number of halogens is 6. The minimum absolute atomic E-state index is 0. The van der Waals surface area contributed by atoms with Gasteiger partial charge in [0.15, 0.2) is 46.9 Å². The molecule has 100 heavy (non-hydrogen) atoms. The van der Waals surface area contributed by atoms with Gasteiger partial charge in [-0.2, -0.15) is 0 Å². The van der Waals surface area contributed by atoms with Crippen LogP contribution in [0.4, 0.5) is 26.3 Å². The number of carboxylic acids is 2. The van der Waals surface area contributed by atoms with E-state index in [0.29, 0.717) is 19.3 Å². The monoisotopic (exact) mass is 1540 g/mol. The number of ether oxygens (including phenoxy) is 10. The van der Waals surface area contributed by atoms with Crippen LogP contribution >= 0.6 is 0 Å².